The number of sulfonamides is 1. The fourth-order valence-electron chi connectivity index (χ4n) is 2.90. The van der Waals surface area contributed by atoms with E-state index in [9.17, 15) is 18.3 Å². The average Bonchev–Trinajstić information content (AvgIpc) is 2.88. The van der Waals surface area contributed by atoms with Gasteiger partial charge >= 0.3 is 5.97 Å². The largest absolute Gasteiger partial charge is 0.478 e. The summed E-state index contributed by atoms with van der Waals surface area (Å²) in [4.78, 5) is 11.0. The van der Waals surface area contributed by atoms with Crippen molar-refractivity contribution < 1.29 is 23.4 Å². The number of nitrogens with one attached hydrogen (secondary N) is 2. The van der Waals surface area contributed by atoms with Gasteiger partial charge in [0.25, 0.3) is 10.0 Å². The quantitative estimate of drug-likeness (QED) is 0.618. The van der Waals surface area contributed by atoms with E-state index in [2.05, 4.69) is 14.9 Å². The molecule has 1 aliphatic rings. The number of hydrogen-bond donors (Lipinski definition) is 4. The second kappa shape index (κ2) is 5.74. The van der Waals surface area contributed by atoms with Crippen molar-refractivity contribution in [1.82, 2.24) is 14.9 Å². The van der Waals surface area contributed by atoms with Gasteiger partial charge in [0.05, 0.1) is 18.3 Å². The van der Waals surface area contributed by atoms with Crippen molar-refractivity contribution >= 4 is 16.0 Å². The van der Waals surface area contributed by atoms with E-state index in [4.69, 9.17) is 5.11 Å². The first-order valence-electron chi connectivity index (χ1n) is 6.71. The standard InChI is InChI=1S/C12H19N3O5S/c1-8-3-2-4-12(5-8,7-16)15-21(19,20)10-9(11(17)18)6-13-14-10/h6,8,15-16H,2-5,7H2,1H3,(H,13,14)(H,17,18). The van der Waals surface area contributed by atoms with Crippen LogP contribution < -0.4 is 4.72 Å². The molecule has 0 bridgehead atoms. The van der Waals surface area contributed by atoms with Gasteiger partial charge in [-0.1, -0.05) is 19.8 Å². The summed E-state index contributed by atoms with van der Waals surface area (Å²) in [7, 11) is -4.10. The first kappa shape index (κ1) is 15.9. The lowest BCUT2D eigenvalue weighted by Gasteiger charge is -2.38. The molecule has 2 atom stereocenters. The molecule has 0 radical (unpaired) electrons. The first-order valence-corrected chi connectivity index (χ1v) is 8.19. The number of hydrogen-bond acceptors (Lipinski definition) is 5. The molecule has 1 fully saturated rings. The molecule has 118 valence electrons. The Balaban J connectivity index is 2.31. The second-order valence-electron chi connectivity index (χ2n) is 5.66. The molecule has 1 aromatic rings. The van der Waals surface area contributed by atoms with Crippen LogP contribution in [-0.2, 0) is 10.0 Å². The van der Waals surface area contributed by atoms with Gasteiger partial charge in [-0.05, 0) is 18.8 Å². The number of aliphatic hydroxyl groups excluding tert-OH is 1. The van der Waals surface area contributed by atoms with Crippen molar-refractivity contribution in [2.24, 2.45) is 5.92 Å². The third-order valence-electron chi connectivity index (χ3n) is 3.85. The maximum Gasteiger partial charge on any atom is 0.340 e. The van der Waals surface area contributed by atoms with E-state index in [1.165, 1.54) is 0 Å². The number of nitrogens with zero attached hydrogens (tertiary/aromatic N) is 1. The Morgan fingerprint density at radius 3 is 2.90 bits per heavy atom. The van der Waals surface area contributed by atoms with E-state index < -0.39 is 32.1 Å². The molecule has 0 spiro atoms. The highest BCUT2D eigenvalue weighted by atomic mass is 32.2. The fraction of sp³-hybridized carbons (Fsp3) is 0.667. The highest BCUT2D eigenvalue weighted by Crippen LogP contribution is 2.33. The Hall–Kier alpha value is -1.45. The normalized spacial score (nSPS) is 26.7. The average molecular weight is 317 g/mol. The number of carboxylic acids is 1. The Bertz CT molecular complexity index is 627. The van der Waals surface area contributed by atoms with Crippen molar-refractivity contribution in [2.75, 3.05) is 6.61 Å². The Kier molecular flexibility index (Phi) is 4.35. The lowest BCUT2D eigenvalue weighted by Crippen LogP contribution is -2.53. The summed E-state index contributed by atoms with van der Waals surface area (Å²) >= 11 is 0. The van der Waals surface area contributed by atoms with Crippen molar-refractivity contribution in [1.29, 1.82) is 0 Å². The van der Waals surface area contributed by atoms with Gasteiger partial charge in [-0.2, -0.15) is 5.10 Å². The lowest BCUT2D eigenvalue weighted by atomic mass is 9.78. The Morgan fingerprint density at radius 1 is 1.62 bits per heavy atom. The molecule has 1 heterocycles. The molecule has 0 saturated heterocycles. The summed E-state index contributed by atoms with van der Waals surface area (Å²) in [5, 5.41) is 23.8. The van der Waals surface area contributed by atoms with E-state index in [0.717, 1.165) is 19.0 Å². The third kappa shape index (κ3) is 3.25. The summed E-state index contributed by atoms with van der Waals surface area (Å²) in [6.45, 7) is 1.67. The van der Waals surface area contributed by atoms with E-state index in [-0.39, 0.29) is 12.5 Å². The molecule has 2 unspecified atom stereocenters. The van der Waals surface area contributed by atoms with Crippen LogP contribution in [0.4, 0.5) is 0 Å². The molecule has 2 rings (SSSR count). The SMILES string of the molecule is CC1CCCC(CO)(NS(=O)(=O)c2[nH]ncc2C(=O)O)C1. The minimum absolute atomic E-state index is 0.286. The highest BCUT2D eigenvalue weighted by Gasteiger charge is 2.39. The maximum atomic E-state index is 12.4. The summed E-state index contributed by atoms with van der Waals surface area (Å²) in [5.41, 5.74) is -1.36. The highest BCUT2D eigenvalue weighted by molar-refractivity contribution is 7.89. The van der Waals surface area contributed by atoms with Crippen LogP contribution in [0.2, 0.25) is 0 Å². The Morgan fingerprint density at radius 2 is 2.33 bits per heavy atom. The van der Waals surface area contributed by atoms with Gasteiger partial charge in [0, 0.05) is 0 Å². The molecule has 1 saturated carbocycles. The summed E-state index contributed by atoms with van der Waals surface area (Å²) < 4.78 is 27.3. The monoisotopic (exact) mass is 317 g/mol. The van der Waals surface area contributed by atoms with Gasteiger partial charge < -0.3 is 10.2 Å². The van der Waals surface area contributed by atoms with Crippen LogP contribution in [0.1, 0.15) is 43.0 Å². The summed E-state index contributed by atoms with van der Waals surface area (Å²) in [5.74, 6) is -1.09. The topological polar surface area (TPSA) is 132 Å². The van der Waals surface area contributed by atoms with E-state index in [0.29, 0.717) is 12.8 Å². The van der Waals surface area contributed by atoms with Gasteiger partial charge in [0.1, 0.15) is 5.56 Å². The van der Waals surface area contributed by atoms with Crippen molar-refractivity contribution in [2.45, 2.75) is 43.2 Å². The summed E-state index contributed by atoms with van der Waals surface area (Å²) in [6.07, 6.45) is 3.77. The molecule has 21 heavy (non-hydrogen) atoms. The molecule has 1 aliphatic carbocycles. The number of aromatic amines is 1. The molecular weight excluding hydrogens is 298 g/mol. The van der Waals surface area contributed by atoms with Crippen LogP contribution >= 0.6 is 0 Å². The predicted molar refractivity (Wildman–Crippen MR) is 73.3 cm³/mol. The molecule has 0 aliphatic heterocycles. The van der Waals surface area contributed by atoms with Crippen molar-refractivity contribution in [3.63, 3.8) is 0 Å². The number of aromatic nitrogens is 2. The zero-order valence-electron chi connectivity index (χ0n) is 11.7. The van der Waals surface area contributed by atoms with Gasteiger partial charge in [0.15, 0.2) is 5.03 Å². The molecular formula is C12H19N3O5S. The van der Waals surface area contributed by atoms with Crippen LogP contribution in [0.25, 0.3) is 0 Å². The number of aliphatic hydroxyl groups is 1. The van der Waals surface area contributed by atoms with Gasteiger partial charge in [-0.15, -0.1) is 0 Å². The van der Waals surface area contributed by atoms with Gasteiger partial charge in [-0.25, -0.2) is 17.9 Å². The lowest BCUT2D eigenvalue weighted by molar-refractivity contribution is 0.0692. The minimum Gasteiger partial charge on any atom is -0.478 e. The fourth-order valence-corrected chi connectivity index (χ4v) is 4.42. The number of carbonyl (C=O) groups is 1. The van der Waals surface area contributed by atoms with Crippen LogP contribution in [-0.4, -0.2) is 46.9 Å². The predicted octanol–water partition coefficient (Wildman–Crippen LogP) is 0.327. The summed E-state index contributed by atoms with van der Waals surface area (Å²) in [6, 6.07) is 0. The number of rotatable bonds is 5. The number of H-pyrrole nitrogens is 1. The van der Waals surface area contributed by atoms with Gasteiger partial charge in [0.2, 0.25) is 0 Å². The van der Waals surface area contributed by atoms with Crippen molar-refractivity contribution in [3.8, 4) is 0 Å². The third-order valence-corrected chi connectivity index (χ3v) is 5.40. The molecule has 0 aromatic carbocycles. The molecule has 8 nitrogen and oxygen atoms in total. The number of carboxylic acid groups (broad SMARTS) is 1. The van der Waals surface area contributed by atoms with Crippen LogP contribution in [0.3, 0.4) is 0 Å². The molecule has 1 aromatic heterocycles. The zero-order valence-corrected chi connectivity index (χ0v) is 12.5. The van der Waals surface area contributed by atoms with Crippen LogP contribution in [0.15, 0.2) is 11.2 Å². The van der Waals surface area contributed by atoms with Gasteiger partial charge in [-0.3, -0.25) is 5.10 Å². The first-order chi connectivity index (χ1) is 9.80. The zero-order chi connectivity index (χ0) is 15.7. The molecule has 9 heteroatoms. The second-order valence-corrected chi connectivity index (χ2v) is 7.28. The van der Waals surface area contributed by atoms with E-state index in [1.54, 1.807) is 0 Å². The molecule has 0 amide bonds. The van der Waals surface area contributed by atoms with E-state index >= 15 is 0 Å². The minimum atomic E-state index is -4.10. The van der Waals surface area contributed by atoms with E-state index in [1.807, 2.05) is 6.92 Å². The Labute approximate surface area is 122 Å². The van der Waals surface area contributed by atoms with Crippen LogP contribution in [0, 0.1) is 5.92 Å². The molecule has 4 N–H and O–H groups in total. The maximum absolute atomic E-state index is 12.4. The van der Waals surface area contributed by atoms with Crippen molar-refractivity contribution in [3.05, 3.63) is 11.8 Å². The van der Waals surface area contributed by atoms with Crippen LogP contribution in [0.5, 0.6) is 0 Å². The smallest absolute Gasteiger partial charge is 0.340 e. The number of aromatic carboxylic acids is 1.